The van der Waals surface area contributed by atoms with Crippen molar-refractivity contribution in [2.24, 2.45) is 0 Å². The van der Waals surface area contributed by atoms with Crippen LogP contribution in [0.5, 0.6) is 0 Å². The van der Waals surface area contributed by atoms with Gasteiger partial charge in [0.15, 0.2) is 0 Å². The first-order chi connectivity index (χ1) is 30.4. The second-order valence-electron chi connectivity index (χ2n) is 19.4. The van der Waals surface area contributed by atoms with Crippen LogP contribution in [0.3, 0.4) is 0 Å². The summed E-state index contributed by atoms with van der Waals surface area (Å²) in [6, 6.07) is 22.2. The molecule has 0 saturated carbocycles. The lowest BCUT2D eigenvalue weighted by Crippen LogP contribution is -2.35. The highest BCUT2D eigenvalue weighted by atomic mass is 32.2. The lowest BCUT2D eigenvalue weighted by Gasteiger charge is -2.30. The Labute approximate surface area is 392 Å². The van der Waals surface area contributed by atoms with E-state index in [0.717, 1.165) is 38.9 Å². The number of fused-ring (bicyclic) bond motifs is 1. The van der Waals surface area contributed by atoms with Gasteiger partial charge < -0.3 is 0 Å². The highest BCUT2D eigenvalue weighted by Gasteiger charge is 2.35. The molecule has 1 heterocycles. The quantitative estimate of drug-likeness (QED) is 0.131. The number of hydrogen-bond donors (Lipinski definition) is 0. The molecule has 0 aromatic heterocycles. The fraction of sp³-hybridized carbons (Fsp3) is 0.472. The zero-order chi connectivity index (χ0) is 48.2. The van der Waals surface area contributed by atoms with Crippen LogP contribution in [-0.4, -0.2) is 64.3 Å². The molecule has 65 heavy (non-hydrogen) atoms. The van der Waals surface area contributed by atoms with Gasteiger partial charge in [0.1, 0.15) is 0 Å². The van der Waals surface area contributed by atoms with E-state index in [1.54, 1.807) is 48.6 Å². The van der Waals surface area contributed by atoms with Crippen LogP contribution < -0.4 is 0 Å². The van der Waals surface area contributed by atoms with Crippen molar-refractivity contribution in [3.05, 3.63) is 147 Å². The van der Waals surface area contributed by atoms with Gasteiger partial charge in [0.05, 0.1) is 14.7 Å². The molecular weight excluding hydrogens is 871 g/mol. The Bertz CT molecular complexity index is 2490. The molecule has 0 unspecified atom stereocenters. The van der Waals surface area contributed by atoms with Gasteiger partial charge in [-0.1, -0.05) is 174 Å². The SMILES string of the molecule is Cc1ccc(S(=O)(=O)N2C/C=C/CN(S(=O)(=O)c3c(C(C)C)cc(C(C)C)cc3C(C)C)Cc3ccccc3CN(S(=O)(=O)c3c(C(C)C)cc(C(C)C)cc3C(C)C)C/C=C/C2)cc1. The van der Waals surface area contributed by atoms with E-state index in [-0.39, 0.29) is 79.7 Å². The molecule has 5 rings (SSSR count). The van der Waals surface area contributed by atoms with Crippen LogP contribution in [-0.2, 0) is 43.2 Å². The minimum atomic E-state index is -4.22. The molecule has 0 amide bonds. The van der Waals surface area contributed by atoms with Gasteiger partial charge in [-0.25, -0.2) is 25.3 Å². The maximum atomic E-state index is 15.5. The molecule has 12 heteroatoms. The fourth-order valence-electron chi connectivity index (χ4n) is 8.27. The standard InChI is InChI=1S/C53H73N3O6S3/c1-36(2)45-30-48(38(5)6)52(49(31-45)39(7)8)64(59,60)55-28-18-16-26-54(63(57,58)47-24-22-42(13)23-25-47)27-17-19-29-56(35-44-21-15-14-20-43(44)34-55)65(61,62)53-50(40(9)10)32-46(37(3)4)33-51(53)41(11)12/h14-25,30-33,36-41H,26-29,34-35H2,1-13H3/b18-16+,19-17+. The molecular formula is C53H73N3O6S3. The van der Waals surface area contributed by atoms with E-state index in [9.17, 15) is 8.42 Å². The van der Waals surface area contributed by atoms with E-state index in [1.165, 1.54) is 12.9 Å². The molecule has 0 spiro atoms. The van der Waals surface area contributed by atoms with Crippen molar-refractivity contribution in [2.75, 3.05) is 26.2 Å². The van der Waals surface area contributed by atoms with E-state index in [2.05, 4.69) is 27.7 Å². The first-order valence-corrected chi connectivity index (χ1v) is 27.5. The van der Waals surface area contributed by atoms with Crippen molar-refractivity contribution in [1.82, 2.24) is 12.9 Å². The Kier molecular flexibility index (Phi) is 17.1. The molecule has 354 valence electrons. The molecule has 0 radical (unpaired) electrons. The van der Waals surface area contributed by atoms with Crippen LogP contribution in [0.25, 0.3) is 0 Å². The Hall–Kier alpha value is -3.91. The van der Waals surface area contributed by atoms with Crippen LogP contribution in [0, 0.1) is 6.92 Å². The molecule has 0 aliphatic carbocycles. The molecule has 0 bridgehead atoms. The molecule has 1 aliphatic heterocycles. The summed E-state index contributed by atoms with van der Waals surface area (Å²) < 4.78 is 94.8. The largest absolute Gasteiger partial charge is 0.244 e. The predicted octanol–water partition coefficient (Wildman–Crippen LogP) is 11.9. The maximum Gasteiger partial charge on any atom is 0.244 e. The highest BCUT2D eigenvalue weighted by molar-refractivity contribution is 7.89. The normalized spacial score (nSPS) is 17.0. The van der Waals surface area contributed by atoms with Gasteiger partial charge >= 0.3 is 0 Å². The average Bonchev–Trinajstić information content (AvgIpc) is 3.24. The van der Waals surface area contributed by atoms with Crippen LogP contribution in [0.2, 0.25) is 0 Å². The van der Waals surface area contributed by atoms with Crippen molar-refractivity contribution in [2.45, 2.75) is 153 Å². The minimum Gasteiger partial charge on any atom is -0.207 e. The number of nitrogens with zero attached hydrogens (tertiary/aromatic N) is 3. The highest BCUT2D eigenvalue weighted by Crippen LogP contribution is 2.39. The predicted molar refractivity (Wildman–Crippen MR) is 267 cm³/mol. The Morgan fingerprint density at radius 3 is 1.00 bits per heavy atom. The number of hydrogen-bond acceptors (Lipinski definition) is 6. The number of aryl methyl sites for hydroxylation is 1. The summed E-state index contributed by atoms with van der Waals surface area (Å²) in [7, 11) is -12.5. The summed E-state index contributed by atoms with van der Waals surface area (Å²) in [5.74, 6) is -0.0374. The number of benzene rings is 4. The van der Waals surface area contributed by atoms with Crippen molar-refractivity contribution in [1.29, 1.82) is 0 Å². The van der Waals surface area contributed by atoms with Crippen molar-refractivity contribution >= 4 is 30.1 Å². The zero-order valence-electron chi connectivity index (χ0n) is 41.0. The van der Waals surface area contributed by atoms with Crippen molar-refractivity contribution in [3.8, 4) is 0 Å². The van der Waals surface area contributed by atoms with Crippen molar-refractivity contribution in [3.63, 3.8) is 0 Å². The van der Waals surface area contributed by atoms with E-state index in [0.29, 0.717) is 20.9 Å². The van der Waals surface area contributed by atoms with Crippen LogP contribution in [0.1, 0.15) is 169 Å². The fourth-order valence-corrected chi connectivity index (χ4v) is 13.7. The first-order valence-electron chi connectivity index (χ1n) is 23.2. The van der Waals surface area contributed by atoms with E-state index >= 15 is 16.8 Å². The molecule has 0 atom stereocenters. The second kappa shape index (κ2) is 21.4. The van der Waals surface area contributed by atoms with Crippen LogP contribution in [0.4, 0.5) is 0 Å². The summed E-state index contributed by atoms with van der Waals surface area (Å²) in [6.07, 6.45) is 6.87. The summed E-state index contributed by atoms with van der Waals surface area (Å²) >= 11 is 0. The molecule has 9 nitrogen and oxygen atoms in total. The second-order valence-corrected chi connectivity index (χ2v) is 25.1. The molecule has 0 saturated heterocycles. The van der Waals surface area contributed by atoms with Crippen molar-refractivity contribution < 1.29 is 25.3 Å². The minimum absolute atomic E-state index is 0.0394. The maximum absolute atomic E-state index is 15.5. The van der Waals surface area contributed by atoms with Gasteiger partial charge in [-0.05, 0) is 99.1 Å². The lowest BCUT2D eigenvalue weighted by molar-refractivity contribution is 0.419. The Morgan fingerprint density at radius 2 is 0.708 bits per heavy atom. The Morgan fingerprint density at radius 1 is 0.400 bits per heavy atom. The smallest absolute Gasteiger partial charge is 0.207 e. The third-order valence-electron chi connectivity index (χ3n) is 12.4. The van der Waals surface area contributed by atoms with Crippen LogP contribution in [0.15, 0.2) is 112 Å². The number of rotatable bonds is 12. The van der Waals surface area contributed by atoms with Gasteiger partial charge in [0.2, 0.25) is 30.1 Å². The third kappa shape index (κ3) is 11.8. The summed E-state index contributed by atoms with van der Waals surface area (Å²) in [5.41, 5.74) is 7.40. The van der Waals surface area contributed by atoms with Crippen LogP contribution >= 0.6 is 0 Å². The summed E-state index contributed by atoms with van der Waals surface area (Å²) in [6.45, 7) is 26.2. The third-order valence-corrected chi connectivity index (χ3v) is 18.1. The molecule has 0 N–H and O–H groups in total. The lowest BCUT2D eigenvalue weighted by atomic mass is 9.89. The first kappa shape index (κ1) is 52.1. The van der Waals surface area contributed by atoms with Gasteiger partial charge in [-0.3, -0.25) is 0 Å². The van der Waals surface area contributed by atoms with E-state index in [4.69, 9.17) is 0 Å². The zero-order valence-corrected chi connectivity index (χ0v) is 43.4. The monoisotopic (exact) mass is 943 g/mol. The number of sulfonamides is 3. The summed E-state index contributed by atoms with van der Waals surface area (Å²) in [4.78, 5) is 0.714. The summed E-state index contributed by atoms with van der Waals surface area (Å²) in [5, 5.41) is 0. The van der Waals surface area contributed by atoms with Gasteiger partial charge in [-0.15, -0.1) is 0 Å². The molecule has 1 aliphatic rings. The molecule has 0 fully saturated rings. The van der Waals surface area contributed by atoms with E-state index in [1.807, 2.05) is 111 Å². The van der Waals surface area contributed by atoms with E-state index < -0.39 is 30.1 Å². The van der Waals surface area contributed by atoms with Gasteiger partial charge in [-0.2, -0.15) is 12.9 Å². The molecule has 4 aromatic carbocycles. The average molecular weight is 944 g/mol. The van der Waals surface area contributed by atoms with Gasteiger partial charge in [0, 0.05) is 39.3 Å². The van der Waals surface area contributed by atoms with Gasteiger partial charge in [0.25, 0.3) is 0 Å². The topological polar surface area (TPSA) is 112 Å². The molecule has 4 aromatic rings. The Balaban J connectivity index is 1.76.